The van der Waals surface area contributed by atoms with E-state index < -0.39 is 0 Å². The molecule has 0 saturated heterocycles. The van der Waals surface area contributed by atoms with Crippen molar-refractivity contribution in [3.8, 4) is 0 Å². The number of nitrogens with one attached hydrogen (secondary N) is 1. The van der Waals surface area contributed by atoms with Crippen LogP contribution < -0.4 is 5.32 Å². The van der Waals surface area contributed by atoms with Crippen molar-refractivity contribution < 1.29 is 0 Å². The molecule has 1 aliphatic rings. The molecule has 94 valence electrons. The maximum atomic E-state index is 5.83. The van der Waals surface area contributed by atoms with Crippen molar-refractivity contribution in [2.24, 2.45) is 0 Å². The summed E-state index contributed by atoms with van der Waals surface area (Å²) in [6.45, 7) is 4.22. The van der Waals surface area contributed by atoms with E-state index in [4.69, 9.17) is 11.6 Å². The minimum Gasteiger partial charge on any atom is -0.366 e. The molecule has 0 bridgehead atoms. The SMILES string of the molecule is CCSC1CCCC1Nc1nc(Cl)ncc1C. The molecule has 2 atom stereocenters. The molecule has 1 aliphatic carbocycles. The second-order valence-corrected chi connectivity index (χ2v) is 6.20. The minimum atomic E-state index is 0.316. The Hall–Kier alpha value is -0.480. The van der Waals surface area contributed by atoms with Gasteiger partial charge in [0.05, 0.1) is 0 Å². The van der Waals surface area contributed by atoms with Crippen molar-refractivity contribution >= 4 is 29.2 Å². The van der Waals surface area contributed by atoms with Crippen LogP contribution in [0.15, 0.2) is 6.20 Å². The summed E-state index contributed by atoms with van der Waals surface area (Å²) in [5.41, 5.74) is 1.06. The number of aromatic nitrogens is 2. The van der Waals surface area contributed by atoms with Gasteiger partial charge in [0.1, 0.15) is 5.82 Å². The van der Waals surface area contributed by atoms with Crippen LogP contribution in [0.1, 0.15) is 31.7 Å². The van der Waals surface area contributed by atoms with Crippen LogP contribution in [0.2, 0.25) is 5.28 Å². The first kappa shape index (κ1) is 13.0. The molecule has 1 fully saturated rings. The first-order valence-electron chi connectivity index (χ1n) is 6.08. The van der Waals surface area contributed by atoms with E-state index in [1.165, 1.54) is 25.0 Å². The second kappa shape index (κ2) is 5.91. The Morgan fingerprint density at radius 1 is 1.53 bits per heavy atom. The largest absolute Gasteiger partial charge is 0.366 e. The predicted molar refractivity (Wildman–Crippen MR) is 75.0 cm³/mol. The highest BCUT2D eigenvalue weighted by molar-refractivity contribution is 7.99. The summed E-state index contributed by atoms with van der Waals surface area (Å²) in [6.07, 6.45) is 5.59. The molecule has 1 heterocycles. The fourth-order valence-electron chi connectivity index (χ4n) is 2.25. The number of aryl methyl sites for hydroxylation is 1. The normalized spacial score (nSPS) is 23.9. The van der Waals surface area contributed by atoms with E-state index in [0.717, 1.165) is 11.4 Å². The number of thioether (sulfide) groups is 1. The molecule has 0 aliphatic heterocycles. The van der Waals surface area contributed by atoms with Gasteiger partial charge in [0.25, 0.3) is 0 Å². The fraction of sp³-hybridized carbons (Fsp3) is 0.667. The summed E-state index contributed by atoms with van der Waals surface area (Å²) < 4.78 is 0. The van der Waals surface area contributed by atoms with E-state index >= 15 is 0 Å². The lowest BCUT2D eigenvalue weighted by Gasteiger charge is -2.21. The Morgan fingerprint density at radius 2 is 2.35 bits per heavy atom. The molecule has 17 heavy (non-hydrogen) atoms. The van der Waals surface area contributed by atoms with E-state index in [9.17, 15) is 0 Å². The van der Waals surface area contributed by atoms with Crippen LogP contribution >= 0.6 is 23.4 Å². The number of halogens is 1. The number of rotatable bonds is 4. The van der Waals surface area contributed by atoms with Crippen LogP contribution in [0.4, 0.5) is 5.82 Å². The number of hydrogen-bond acceptors (Lipinski definition) is 4. The van der Waals surface area contributed by atoms with Gasteiger partial charge in [-0.25, -0.2) is 9.97 Å². The zero-order chi connectivity index (χ0) is 12.3. The van der Waals surface area contributed by atoms with Gasteiger partial charge in [-0.2, -0.15) is 11.8 Å². The van der Waals surface area contributed by atoms with Gasteiger partial charge in [-0.1, -0.05) is 13.3 Å². The third-order valence-corrected chi connectivity index (χ3v) is 4.61. The first-order chi connectivity index (χ1) is 8.20. The summed E-state index contributed by atoms with van der Waals surface area (Å²) in [5, 5.41) is 4.55. The lowest BCUT2D eigenvalue weighted by Crippen LogP contribution is -2.27. The van der Waals surface area contributed by atoms with Crippen LogP contribution in [0.3, 0.4) is 0 Å². The smallest absolute Gasteiger partial charge is 0.224 e. The zero-order valence-corrected chi connectivity index (χ0v) is 11.8. The molecule has 1 N–H and O–H groups in total. The number of anilines is 1. The quantitative estimate of drug-likeness (QED) is 0.851. The van der Waals surface area contributed by atoms with Crippen LogP contribution in [0.5, 0.6) is 0 Å². The van der Waals surface area contributed by atoms with Crippen LogP contribution in [0, 0.1) is 6.92 Å². The van der Waals surface area contributed by atoms with E-state index in [1.807, 2.05) is 18.7 Å². The van der Waals surface area contributed by atoms with Crippen molar-refractivity contribution in [1.82, 2.24) is 9.97 Å². The Balaban J connectivity index is 2.06. The van der Waals surface area contributed by atoms with Crippen molar-refractivity contribution in [3.05, 3.63) is 17.0 Å². The molecule has 1 aromatic heterocycles. The van der Waals surface area contributed by atoms with E-state index in [2.05, 4.69) is 22.2 Å². The van der Waals surface area contributed by atoms with Gasteiger partial charge < -0.3 is 5.32 Å². The van der Waals surface area contributed by atoms with E-state index in [0.29, 0.717) is 16.6 Å². The number of nitrogens with zero attached hydrogens (tertiary/aromatic N) is 2. The van der Waals surface area contributed by atoms with Gasteiger partial charge in [-0.15, -0.1) is 0 Å². The average Bonchev–Trinajstić information content (AvgIpc) is 2.72. The van der Waals surface area contributed by atoms with Gasteiger partial charge in [-0.05, 0) is 37.1 Å². The summed E-state index contributed by atoms with van der Waals surface area (Å²) in [6, 6.07) is 0.518. The molecule has 0 aromatic carbocycles. The van der Waals surface area contributed by atoms with Crippen LogP contribution in [0.25, 0.3) is 0 Å². The molecule has 1 saturated carbocycles. The minimum absolute atomic E-state index is 0.316. The molecular weight excluding hydrogens is 254 g/mol. The molecular formula is C12H18ClN3S. The summed E-state index contributed by atoms with van der Waals surface area (Å²) in [4.78, 5) is 8.24. The molecule has 3 nitrogen and oxygen atoms in total. The lowest BCUT2D eigenvalue weighted by atomic mass is 10.2. The zero-order valence-electron chi connectivity index (χ0n) is 10.2. The van der Waals surface area contributed by atoms with Gasteiger partial charge >= 0.3 is 0 Å². The van der Waals surface area contributed by atoms with E-state index in [-0.39, 0.29) is 0 Å². The van der Waals surface area contributed by atoms with Gasteiger partial charge in [0.15, 0.2) is 0 Å². The molecule has 0 radical (unpaired) electrons. The van der Waals surface area contributed by atoms with Crippen LogP contribution in [-0.2, 0) is 0 Å². The van der Waals surface area contributed by atoms with Gasteiger partial charge in [0, 0.05) is 23.1 Å². The third-order valence-electron chi connectivity index (χ3n) is 3.10. The summed E-state index contributed by atoms with van der Waals surface area (Å²) in [7, 11) is 0. The van der Waals surface area contributed by atoms with Crippen molar-refractivity contribution in [2.45, 2.75) is 44.4 Å². The topological polar surface area (TPSA) is 37.8 Å². The first-order valence-corrected chi connectivity index (χ1v) is 7.50. The monoisotopic (exact) mass is 271 g/mol. The average molecular weight is 272 g/mol. The highest BCUT2D eigenvalue weighted by Crippen LogP contribution is 2.32. The Kier molecular flexibility index (Phi) is 4.51. The maximum absolute atomic E-state index is 5.83. The second-order valence-electron chi connectivity index (χ2n) is 4.35. The highest BCUT2D eigenvalue weighted by Gasteiger charge is 2.27. The Morgan fingerprint density at radius 3 is 3.12 bits per heavy atom. The molecule has 1 aromatic rings. The maximum Gasteiger partial charge on any atom is 0.224 e. The summed E-state index contributed by atoms with van der Waals surface area (Å²) in [5.74, 6) is 2.06. The van der Waals surface area contributed by atoms with E-state index in [1.54, 1.807) is 6.20 Å². The standard InChI is InChI=1S/C12H18ClN3S/c1-3-17-10-6-4-5-9(10)15-11-8(2)7-14-12(13)16-11/h7,9-10H,3-6H2,1-2H3,(H,14,15,16). The Bertz CT molecular complexity index is 386. The highest BCUT2D eigenvalue weighted by atomic mass is 35.5. The van der Waals surface area contributed by atoms with Gasteiger partial charge in [-0.3, -0.25) is 0 Å². The molecule has 5 heteroatoms. The van der Waals surface area contributed by atoms with Crippen molar-refractivity contribution in [1.29, 1.82) is 0 Å². The fourth-order valence-corrected chi connectivity index (χ4v) is 3.58. The predicted octanol–water partition coefficient (Wildman–Crippen LogP) is 3.52. The molecule has 0 spiro atoms. The van der Waals surface area contributed by atoms with Crippen LogP contribution in [-0.4, -0.2) is 27.0 Å². The summed E-state index contributed by atoms with van der Waals surface area (Å²) >= 11 is 7.87. The lowest BCUT2D eigenvalue weighted by molar-refractivity contribution is 0.760. The molecule has 0 amide bonds. The third kappa shape index (κ3) is 3.26. The van der Waals surface area contributed by atoms with Crippen molar-refractivity contribution in [2.75, 3.05) is 11.1 Å². The van der Waals surface area contributed by atoms with Gasteiger partial charge in [0.2, 0.25) is 5.28 Å². The molecule has 2 unspecified atom stereocenters. The molecule has 2 rings (SSSR count). The Labute approximate surface area is 112 Å². The number of hydrogen-bond donors (Lipinski definition) is 1. The van der Waals surface area contributed by atoms with Crippen molar-refractivity contribution in [3.63, 3.8) is 0 Å².